The molecule has 1 heterocycles. The van der Waals surface area contributed by atoms with Crippen LogP contribution in [0.3, 0.4) is 0 Å². The minimum Gasteiger partial charge on any atom is -0.273 e. The van der Waals surface area contributed by atoms with E-state index >= 15 is 0 Å². The molecule has 0 aliphatic rings. The van der Waals surface area contributed by atoms with Crippen molar-refractivity contribution in [1.82, 2.24) is 5.43 Å². The summed E-state index contributed by atoms with van der Waals surface area (Å²) in [6.45, 7) is 1.78. The van der Waals surface area contributed by atoms with Crippen molar-refractivity contribution in [3.63, 3.8) is 0 Å². The molecule has 0 fully saturated rings. The molecular weight excluding hydrogens is 252 g/mol. The molecule has 1 N–H and O–H groups in total. The fourth-order valence-electron chi connectivity index (χ4n) is 0.636. The van der Waals surface area contributed by atoms with Gasteiger partial charge in [0.25, 0.3) is 0 Å². The first kappa shape index (κ1) is 10.4. The van der Waals surface area contributed by atoms with Gasteiger partial charge >= 0.3 is 0 Å². The number of thiophene rings is 1. The third-order valence-corrected chi connectivity index (χ3v) is 3.11. The number of rotatable bonds is 3. The predicted molar refractivity (Wildman–Crippen MR) is 58.0 cm³/mol. The molecule has 5 heteroatoms. The zero-order valence-corrected chi connectivity index (χ0v) is 9.48. The number of amides is 1. The molecule has 0 unspecified atom stereocenters. The van der Waals surface area contributed by atoms with Crippen LogP contribution in [0.5, 0.6) is 0 Å². The van der Waals surface area contributed by atoms with Crippen molar-refractivity contribution in [3.8, 4) is 0 Å². The van der Waals surface area contributed by atoms with Crippen LogP contribution < -0.4 is 5.43 Å². The van der Waals surface area contributed by atoms with Crippen LogP contribution in [-0.4, -0.2) is 12.1 Å². The average molecular weight is 261 g/mol. The summed E-state index contributed by atoms with van der Waals surface area (Å²) in [5, 5.41) is 7.71. The van der Waals surface area contributed by atoms with Gasteiger partial charge in [0, 0.05) is 27.2 Å². The molecule has 70 valence electrons. The predicted octanol–water partition coefficient (Wildman–Crippen LogP) is 2.37. The number of halogens is 1. The highest BCUT2D eigenvalue weighted by Gasteiger charge is 1.96. The van der Waals surface area contributed by atoms with E-state index in [0.717, 1.165) is 10.0 Å². The minimum absolute atomic E-state index is 0.0809. The third kappa shape index (κ3) is 3.28. The van der Waals surface area contributed by atoms with Crippen LogP contribution in [0.15, 0.2) is 20.3 Å². The number of hydrazone groups is 1. The van der Waals surface area contributed by atoms with E-state index in [9.17, 15) is 4.79 Å². The number of hydrogen-bond acceptors (Lipinski definition) is 3. The fourth-order valence-corrected chi connectivity index (χ4v) is 1.99. The van der Waals surface area contributed by atoms with Gasteiger partial charge in [-0.2, -0.15) is 16.4 Å². The maximum Gasteiger partial charge on any atom is 0.239 e. The first-order valence-corrected chi connectivity index (χ1v) is 5.51. The largest absolute Gasteiger partial charge is 0.273 e. The molecule has 1 amide bonds. The molecule has 0 aromatic carbocycles. The van der Waals surface area contributed by atoms with Gasteiger partial charge in [-0.25, -0.2) is 5.43 Å². The van der Waals surface area contributed by atoms with E-state index in [1.165, 1.54) is 0 Å². The highest BCUT2D eigenvalue weighted by Crippen LogP contribution is 2.18. The molecule has 0 saturated carbocycles. The van der Waals surface area contributed by atoms with Crippen molar-refractivity contribution < 1.29 is 4.79 Å². The fraction of sp³-hybridized carbons (Fsp3) is 0.250. The molecule has 0 aliphatic carbocycles. The highest BCUT2D eigenvalue weighted by atomic mass is 79.9. The van der Waals surface area contributed by atoms with E-state index in [-0.39, 0.29) is 5.91 Å². The van der Waals surface area contributed by atoms with Crippen LogP contribution in [0.2, 0.25) is 0 Å². The zero-order chi connectivity index (χ0) is 9.68. The van der Waals surface area contributed by atoms with Crippen LogP contribution in [0.4, 0.5) is 0 Å². The van der Waals surface area contributed by atoms with Crippen LogP contribution in [-0.2, 0) is 4.79 Å². The van der Waals surface area contributed by atoms with Gasteiger partial charge < -0.3 is 0 Å². The van der Waals surface area contributed by atoms with E-state index < -0.39 is 0 Å². The molecule has 0 saturated heterocycles. The van der Waals surface area contributed by atoms with Crippen LogP contribution in [0.1, 0.15) is 18.9 Å². The smallest absolute Gasteiger partial charge is 0.239 e. The SMILES string of the molecule is CCC(=O)N/N=C/c1cscc1Br. The van der Waals surface area contributed by atoms with Crippen LogP contribution in [0.25, 0.3) is 0 Å². The Morgan fingerprint density at radius 3 is 3.08 bits per heavy atom. The van der Waals surface area contributed by atoms with Gasteiger partial charge in [0.2, 0.25) is 5.91 Å². The lowest BCUT2D eigenvalue weighted by Crippen LogP contribution is -2.15. The Labute approximate surface area is 89.0 Å². The lowest BCUT2D eigenvalue weighted by molar-refractivity contribution is -0.120. The van der Waals surface area contributed by atoms with Gasteiger partial charge in [0.05, 0.1) is 6.21 Å². The van der Waals surface area contributed by atoms with Crippen molar-refractivity contribution in [1.29, 1.82) is 0 Å². The van der Waals surface area contributed by atoms with E-state index in [1.54, 1.807) is 24.5 Å². The van der Waals surface area contributed by atoms with E-state index in [4.69, 9.17) is 0 Å². The number of hydrogen-bond donors (Lipinski definition) is 1. The molecule has 0 atom stereocenters. The van der Waals surface area contributed by atoms with Crippen molar-refractivity contribution in [2.45, 2.75) is 13.3 Å². The maximum atomic E-state index is 10.8. The zero-order valence-electron chi connectivity index (χ0n) is 7.08. The van der Waals surface area contributed by atoms with Gasteiger partial charge in [0.15, 0.2) is 0 Å². The second-order valence-electron chi connectivity index (χ2n) is 2.32. The highest BCUT2D eigenvalue weighted by molar-refractivity contribution is 9.10. The lowest BCUT2D eigenvalue weighted by atomic mass is 10.4. The van der Waals surface area contributed by atoms with Crippen LogP contribution in [0, 0.1) is 0 Å². The first-order valence-electron chi connectivity index (χ1n) is 3.77. The molecular formula is C8H9BrN2OS. The molecule has 1 aromatic heterocycles. The molecule has 0 aliphatic heterocycles. The number of carbonyl (C=O) groups is 1. The number of nitrogens with one attached hydrogen (secondary N) is 1. The van der Waals surface area contributed by atoms with Crippen molar-refractivity contribution in [3.05, 3.63) is 20.8 Å². The molecule has 1 aromatic rings. The normalized spacial score (nSPS) is 10.6. The second-order valence-corrected chi connectivity index (χ2v) is 3.92. The average Bonchev–Trinajstić information content (AvgIpc) is 2.52. The van der Waals surface area contributed by atoms with Gasteiger partial charge in [-0.1, -0.05) is 6.92 Å². The number of carbonyl (C=O) groups excluding carboxylic acids is 1. The molecule has 3 nitrogen and oxygen atoms in total. The summed E-state index contributed by atoms with van der Waals surface area (Å²) in [6.07, 6.45) is 2.07. The summed E-state index contributed by atoms with van der Waals surface area (Å²) in [5.41, 5.74) is 3.39. The molecule has 1 rings (SSSR count). The summed E-state index contributed by atoms with van der Waals surface area (Å²) < 4.78 is 0.993. The summed E-state index contributed by atoms with van der Waals surface area (Å²) in [6, 6.07) is 0. The molecule has 13 heavy (non-hydrogen) atoms. The van der Waals surface area contributed by atoms with Gasteiger partial charge in [-0.05, 0) is 15.9 Å². The van der Waals surface area contributed by atoms with Crippen molar-refractivity contribution >= 4 is 39.4 Å². The number of nitrogens with zero attached hydrogens (tertiary/aromatic N) is 1. The summed E-state index contributed by atoms with van der Waals surface area (Å²) in [7, 11) is 0. The van der Waals surface area contributed by atoms with E-state index in [2.05, 4.69) is 26.5 Å². The summed E-state index contributed by atoms with van der Waals surface area (Å²) in [5.74, 6) is -0.0809. The first-order chi connectivity index (χ1) is 6.24. The molecule has 0 spiro atoms. The van der Waals surface area contributed by atoms with Gasteiger partial charge in [-0.3, -0.25) is 4.79 Å². The molecule has 0 bridgehead atoms. The Morgan fingerprint density at radius 1 is 1.77 bits per heavy atom. The Balaban J connectivity index is 2.50. The maximum absolute atomic E-state index is 10.8. The van der Waals surface area contributed by atoms with Gasteiger partial charge in [-0.15, -0.1) is 0 Å². The van der Waals surface area contributed by atoms with Gasteiger partial charge in [0.1, 0.15) is 0 Å². The monoisotopic (exact) mass is 260 g/mol. The minimum atomic E-state index is -0.0809. The Bertz CT molecular complexity index is 322. The Kier molecular flexibility index (Phi) is 4.11. The van der Waals surface area contributed by atoms with E-state index in [0.29, 0.717) is 6.42 Å². The van der Waals surface area contributed by atoms with Crippen LogP contribution >= 0.6 is 27.3 Å². The topological polar surface area (TPSA) is 41.5 Å². The Morgan fingerprint density at radius 2 is 2.54 bits per heavy atom. The third-order valence-electron chi connectivity index (χ3n) is 1.36. The van der Waals surface area contributed by atoms with Crippen molar-refractivity contribution in [2.24, 2.45) is 5.10 Å². The summed E-state index contributed by atoms with van der Waals surface area (Å²) in [4.78, 5) is 10.8. The quantitative estimate of drug-likeness (QED) is 0.658. The lowest BCUT2D eigenvalue weighted by Gasteiger charge is -1.93. The standard InChI is InChI=1S/C8H9BrN2OS/c1-2-8(12)11-10-3-6-4-13-5-7(6)9/h3-5H,2H2,1H3,(H,11,12)/b10-3+. The van der Waals surface area contributed by atoms with E-state index in [1.807, 2.05) is 10.8 Å². The summed E-state index contributed by atoms with van der Waals surface area (Å²) >= 11 is 4.94. The Hall–Kier alpha value is -0.680. The van der Waals surface area contributed by atoms with Crippen molar-refractivity contribution in [2.75, 3.05) is 0 Å². The molecule has 0 radical (unpaired) electrons. The second kappa shape index (κ2) is 5.14.